The lowest BCUT2D eigenvalue weighted by Crippen LogP contribution is -2.13. The molecule has 0 aliphatic heterocycles. The van der Waals surface area contributed by atoms with Gasteiger partial charge in [0, 0.05) is 12.4 Å². The van der Waals surface area contributed by atoms with Crippen LogP contribution in [0.5, 0.6) is 0 Å². The highest BCUT2D eigenvalue weighted by molar-refractivity contribution is 9.11. The molecule has 0 fully saturated rings. The van der Waals surface area contributed by atoms with Crippen LogP contribution in [0.15, 0.2) is 33.7 Å². The van der Waals surface area contributed by atoms with E-state index in [1.54, 1.807) is 24.5 Å². The van der Waals surface area contributed by atoms with Crippen molar-refractivity contribution in [3.63, 3.8) is 0 Å². The highest BCUT2D eigenvalue weighted by Gasteiger charge is 2.11. The summed E-state index contributed by atoms with van der Waals surface area (Å²) in [5.41, 5.74) is 0.590. The van der Waals surface area contributed by atoms with Crippen molar-refractivity contribution in [3.8, 4) is 0 Å². The first-order valence-electron chi connectivity index (χ1n) is 4.09. The molecule has 2 aromatic rings. The van der Waals surface area contributed by atoms with Crippen LogP contribution in [-0.4, -0.2) is 15.9 Å². The van der Waals surface area contributed by atoms with E-state index in [0.29, 0.717) is 11.5 Å². The van der Waals surface area contributed by atoms with E-state index in [4.69, 9.17) is 0 Å². The number of amides is 1. The highest BCUT2D eigenvalue weighted by Crippen LogP contribution is 2.23. The summed E-state index contributed by atoms with van der Waals surface area (Å²) in [6.45, 7) is 0. The number of hydrogen-bond donors (Lipinski definition) is 1. The molecular formula is C9H6BrN3OS. The molecule has 1 N–H and O–H groups in total. The number of halogens is 1. The van der Waals surface area contributed by atoms with Gasteiger partial charge in [0.05, 0.1) is 9.35 Å². The van der Waals surface area contributed by atoms with Crippen LogP contribution in [0.1, 0.15) is 10.4 Å². The van der Waals surface area contributed by atoms with Gasteiger partial charge in [-0.05, 0) is 33.4 Å². The van der Waals surface area contributed by atoms with Crippen molar-refractivity contribution in [3.05, 3.63) is 39.3 Å². The number of hydrogen-bond acceptors (Lipinski definition) is 4. The van der Waals surface area contributed by atoms with E-state index in [-0.39, 0.29) is 5.91 Å². The van der Waals surface area contributed by atoms with Crippen LogP contribution >= 0.6 is 27.3 Å². The number of nitrogens with one attached hydrogen (secondary N) is 1. The first kappa shape index (κ1) is 10.3. The van der Waals surface area contributed by atoms with Crippen molar-refractivity contribution >= 4 is 39.1 Å². The van der Waals surface area contributed by atoms with Crippen molar-refractivity contribution < 1.29 is 4.79 Å². The van der Waals surface area contributed by atoms with E-state index < -0.39 is 0 Å². The standard InChI is InChI=1S/C9H6BrN3OS/c10-7-6(2-5-15-7)8(14)13-9-11-3-1-4-12-9/h1-5H,(H,11,12,13,14). The third-order valence-corrected chi connectivity index (χ3v) is 3.34. The summed E-state index contributed by atoms with van der Waals surface area (Å²) in [6.07, 6.45) is 3.15. The van der Waals surface area contributed by atoms with Gasteiger partial charge >= 0.3 is 0 Å². The maximum Gasteiger partial charge on any atom is 0.260 e. The molecule has 0 atom stereocenters. The minimum atomic E-state index is -0.214. The lowest BCUT2D eigenvalue weighted by molar-refractivity contribution is 0.102. The normalized spacial score (nSPS) is 9.93. The van der Waals surface area contributed by atoms with Gasteiger partial charge in [0.25, 0.3) is 5.91 Å². The molecule has 6 heteroatoms. The molecule has 0 aliphatic rings. The van der Waals surface area contributed by atoms with E-state index in [0.717, 1.165) is 3.79 Å². The molecule has 0 spiro atoms. The zero-order chi connectivity index (χ0) is 10.7. The van der Waals surface area contributed by atoms with E-state index in [1.807, 2.05) is 5.38 Å². The second-order valence-corrected chi connectivity index (χ2v) is 4.87. The van der Waals surface area contributed by atoms with Crippen LogP contribution in [0.25, 0.3) is 0 Å². The van der Waals surface area contributed by atoms with Gasteiger partial charge < -0.3 is 0 Å². The van der Waals surface area contributed by atoms with Crippen LogP contribution in [0.2, 0.25) is 0 Å². The minimum Gasteiger partial charge on any atom is -0.290 e. The van der Waals surface area contributed by atoms with Gasteiger partial charge in [-0.3, -0.25) is 10.1 Å². The second kappa shape index (κ2) is 4.50. The number of carbonyl (C=O) groups excluding carboxylic acids is 1. The number of thiophene rings is 1. The molecule has 0 aromatic carbocycles. The van der Waals surface area contributed by atoms with E-state index >= 15 is 0 Å². The van der Waals surface area contributed by atoms with Crippen molar-refractivity contribution in [2.24, 2.45) is 0 Å². The fraction of sp³-hybridized carbons (Fsp3) is 0. The number of rotatable bonds is 2. The Bertz CT molecular complexity index is 471. The molecule has 0 radical (unpaired) electrons. The van der Waals surface area contributed by atoms with Gasteiger partial charge in [0.15, 0.2) is 0 Å². The molecule has 15 heavy (non-hydrogen) atoms. The maximum absolute atomic E-state index is 11.7. The third-order valence-electron chi connectivity index (χ3n) is 1.65. The maximum atomic E-state index is 11.7. The summed E-state index contributed by atoms with van der Waals surface area (Å²) < 4.78 is 0.802. The van der Waals surface area contributed by atoms with Crippen LogP contribution in [0, 0.1) is 0 Å². The molecule has 1 amide bonds. The van der Waals surface area contributed by atoms with Crippen LogP contribution in [-0.2, 0) is 0 Å². The fourth-order valence-corrected chi connectivity index (χ4v) is 2.24. The molecule has 2 aromatic heterocycles. The summed E-state index contributed by atoms with van der Waals surface area (Å²) in [6, 6.07) is 3.43. The SMILES string of the molecule is O=C(Nc1ncccn1)c1ccsc1Br. The number of nitrogens with zero attached hydrogens (tertiary/aromatic N) is 2. The largest absolute Gasteiger partial charge is 0.290 e. The quantitative estimate of drug-likeness (QED) is 0.922. The Balaban J connectivity index is 2.15. The second-order valence-electron chi connectivity index (χ2n) is 2.63. The van der Waals surface area contributed by atoms with Gasteiger partial charge in [-0.15, -0.1) is 11.3 Å². The molecule has 0 bridgehead atoms. The zero-order valence-corrected chi connectivity index (χ0v) is 9.88. The Kier molecular flexibility index (Phi) is 3.08. The molecular weight excluding hydrogens is 278 g/mol. The van der Waals surface area contributed by atoms with Crippen molar-refractivity contribution in [1.29, 1.82) is 0 Å². The van der Waals surface area contributed by atoms with E-state index in [1.165, 1.54) is 11.3 Å². The predicted octanol–water partition coefficient (Wildman–Crippen LogP) is 2.55. The summed E-state index contributed by atoms with van der Waals surface area (Å²) in [5.74, 6) is 0.0925. The lowest BCUT2D eigenvalue weighted by atomic mass is 10.3. The lowest BCUT2D eigenvalue weighted by Gasteiger charge is -2.00. The molecule has 0 aliphatic carbocycles. The molecule has 76 valence electrons. The summed E-state index contributed by atoms with van der Waals surface area (Å²) in [4.78, 5) is 19.5. The van der Waals surface area contributed by atoms with Gasteiger partial charge in [0.1, 0.15) is 0 Å². The molecule has 0 saturated carbocycles. The van der Waals surface area contributed by atoms with E-state index in [2.05, 4.69) is 31.2 Å². The number of aromatic nitrogens is 2. The average molecular weight is 284 g/mol. The Morgan fingerprint density at radius 1 is 1.40 bits per heavy atom. The van der Waals surface area contributed by atoms with Gasteiger partial charge in [-0.2, -0.15) is 0 Å². The molecule has 4 nitrogen and oxygen atoms in total. The highest BCUT2D eigenvalue weighted by atomic mass is 79.9. The molecule has 2 rings (SSSR count). The van der Waals surface area contributed by atoms with Crippen LogP contribution in [0.3, 0.4) is 0 Å². The third kappa shape index (κ3) is 2.40. The van der Waals surface area contributed by atoms with Gasteiger partial charge in [-0.25, -0.2) is 9.97 Å². The Morgan fingerprint density at radius 2 is 2.13 bits per heavy atom. The minimum absolute atomic E-state index is 0.214. The Labute approximate surface area is 98.5 Å². The monoisotopic (exact) mass is 283 g/mol. The van der Waals surface area contributed by atoms with Gasteiger partial charge in [-0.1, -0.05) is 0 Å². The number of carbonyl (C=O) groups is 1. The molecule has 0 unspecified atom stereocenters. The summed E-state index contributed by atoms with van der Waals surface area (Å²) in [7, 11) is 0. The van der Waals surface area contributed by atoms with Crippen LogP contribution in [0.4, 0.5) is 5.95 Å². The zero-order valence-electron chi connectivity index (χ0n) is 7.48. The topological polar surface area (TPSA) is 54.9 Å². The van der Waals surface area contributed by atoms with Crippen molar-refractivity contribution in [2.75, 3.05) is 5.32 Å². The molecule has 2 heterocycles. The smallest absolute Gasteiger partial charge is 0.260 e. The van der Waals surface area contributed by atoms with Gasteiger partial charge in [0.2, 0.25) is 5.95 Å². The van der Waals surface area contributed by atoms with Crippen LogP contribution < -0.4 is 5.32 Å². The Hall–Kier alpha value is -1.27. The summed E-state index contributed by atoms with van der Waals surface area (Å²) in [5, 5.41) is 4.44. The first-order valence-corrected chi connectivity index (χ1v) is 5.76. The van der Waals surface area contributed by atoms with Crippen molar-refractivity contribution in [2.45, 2.75) is 0 Å². The van der Waals surface area contributed by atoms with E-state index in [9.17, 15) is 4.79 Å². The predicted molar refractivity (Wildman–Crippen MR) is 62.0 cm³/mol. The number of anilines is 1. The fourth-order valence-electron chi connectivity index (χ4n) is 0.988. The Morgan fingerprint density at radius 3 is 2.73 bits per heavy atom. The first-order chi connectivity index (χ1) is 7.27. The average Bonchev–Trinajstić information content (AvgIpc) is 2.66. The van der Waals surface area contributed by atoms with Crippen molar-refractivity contribution in [1.82, 2.24) is 9.97 Å². The summed E-state index contributed by atoms with van der Waals surface area (Å²) >= 11 is 4.76. The molecule has 0 saturated heterocycles.